The van der Waals surface area contributed by atoms with Gasteiger partial charge >= 0.3 is 0 Å². The van der Waals surface area contributed by atoms with Gasteiger partial charge in [-0.15, -0.1) is 11.6 Å². The highest BCUT2D eigenvalue weighted by atomic mass is 35.5. The highest BCUT2D eigenvalue weighted by Gasteiger charge is 2.18. The predicted octanol–water partition coefficient (Wildman–Crippen LogP) is 2.80. The van der Waals surface area contributed by atoms with E-state index in [1.807, 2.05) is 26.0 Å². The lowest BCUT2D eigenvalue weighted by atomic mass is 10.1. The van der Waals surface area contributed by atoms with E-state index in [0.29, 0.717) is 24.5 Å². The molecule has 1 N–H and O–H groups in total. The monoisotopic (exact) mass is 310 g/mol. The molecule has 5 heteroatoms. The van der Waals surface area contributed by atoms with E-state index in [2.05, 4.69) is 5.32 Å². The number of rotatable bonds is 8. The second-order valence-corrected chi connectivity index (χ2v) is 5.18. The summed E-state index contributed by atoms with van der Waals surface area (Å²) in [4.78, 5) is 25.9. The molecule has 0 aliphatic carbocycles. The summed E-state index contributed by atoms with van der Waals surface area (Å²) < 4.78 is 0. The molecule has 2 amide bonds. The van der Waals surface area contributed by atoms with Crippen molar-refractivity contribution in [2.45, 2.75) is 32.6 Å². The van der Waals surface area contributed by atoms with Crippen molar-refractivity contribution in [1.82, 2.24) is 10.2 Å². The first-order chi connectivity index (χ1) is 10.1. The molecule has 116 valence electrons. The van der Waals surface area contributed by atoms with Gasteiger partial charge in [0.1, 0.15) is 0 Å². The van der Waals surface area contributed by atoms with Gasteiger partial charge < -0.3 is 10.2 Å². The van der Waals surface area contributed by atoms with Crippen LogP contribution in [0.25, 0.3) is 0 Å². The summed E-state index contributed by atoms with van der Waals surface area (Å²) in [6, 6.07) is 7.22. The van der Waals surface area contributed by atoms with Crippen LogP contribution in [0.5, 0.6) is 0 Å². The number of benzene rings is 1. The molecule has 0 bridgehead atoms. The number of nitrogens with zero attached hydrogens (tertiary/aromatic N) is 1. The Balaban J connectivity index is 2.78. The van der Waals surface area contributed by atoms with Gasteiger partial charge in [0, 0.05) is 24.5 Å². The van der Waals surface area contributed by atoms with Crippen LogP contribution in [0.1, 0.15) is 42.6 Å². The molecule has 0 heterocycles. The van der Waals surface area contributed by atoms with Crippen LogP contribution >= 0.6 is 11.6 Å². The maximum Gasteiger partial charge on any atom is 0.254 e. The zero-order chi connectivity index (χ0) is 15.7. The molecule has 0 spiro atoms. The van der Waals surface area contributed by atoms with Gasteiger partial charge in [-0.3, -0.25) is 9.59 Å². The lowest BCUT2D eigenvalue weighted by molar-refractivity contribution is -0.121. The van der Waals surface area contributed by atoms with Gasteiger partial charge in [0.05, 0.1) is 6.54 Å². The van der Waals surface area contributed by atoms with Gasteiger partial charge in [0.2, 0.25) is 5.91 Å². The molecule has 0 radical (unpaired) electrons. The quantitative estimate of drug-likeness (QED) is 0.751. The molecular formula is C16H23ClN2O2. The van der Waals surface area contributed by atoms with Gasteiger partial charge in [0.15, 0.2) is 0 Å². The SMILES string of the molecule is CCCNC(=O)CN(CCC)C(=O)c1cccc(CCl)c1. The van der Waals surface area contributed by atoms with E-state index in [0.717, 1.165) is 18.4 Å². The Labute approximate surface area is 131 Å². The Morgan fingerprint density at radius 3 is 2.62 bits per heavy atom. The Morgan fingerprint density at radius 1 is 1.24 bits per heavy atom. The molecule has 0 saturated heterocycles. The number of amides is 2. The van der Waals surface area contributed by atoms with E-state index < -0.39 is 0 Å². The second kappa shape index (κ2) is 9.40. The first kappa shape index (κ1) is 17.5. The lowest BCUT2D eigenvalue weighted by Crippen LogP contribution is -2.41. The van der Waals surface area contributed by atoms with Crippen LogP contribution in [0, 0.1) is 0 Å². The van der Waals surface area contributed by atoms with Crippen LogP contribution in [0.3, 0.4) is 0 Å². The normalized spacial score (nSPS) is 10.2. The molecule has 1 aromatic rings. The van der Waals surface area contributed by atoms with Gasteiger partial charge in [-0.05, 0) is 30.5 Å². The van der Waals surface area contributed by atoms with Crippen LogP contribution in [0.15, 0.2) is 24.3 Å². The van der Waals surface area contributed by atoms with Crippen LogP contribution in [-0.4, -0.2) is 36.3 Å². The first-order valence-corrected chi connectivity index (χ1v) is 7.86. The van der Waals surface area contributed by atoms with Crippen molar-refractivity contribution in [3.05, 3.63) is 35.4 Å². The zero-order valence-electron chi connectivity index (χ0n) is 12.7. The van der Waals surface area contributed by atoms with Crippen molar-refractivity contribution < 1.29 is 9.59 Å². The number of halogens is 1. The molecule has 1 rings (SSSR count). The van der Waals surface area contributed by atoms with E-state index >= 15 is 0 Å². The molecule has 0 aliphatic rings. The maximum absolute atomic E-state index is 12.5. The number of carbonyl (C=O) groups is 2. The van der Waals surface area contributed by atoms with Crippen molar-refractivity contribution in [3.8, 4) is 0 Å². The average molecular weight is 311 g/mol. The van der Waals surface area contributed by atoms with Crippen LogP contribution in [0.2, 0.25) is 0 Å². The van der Waals surface area contributed by atoms with E-state index in [-0.39, 0.29) is 18.4 Å². The third-order valence-corrected chi connectivity index (χ3v) is 3.32. The lowest BCUT2D eigenvalue weighted by Gasteiger charge is -2.22. The summed E-state index contributed by atoms with van der Waals surface area (Å²) in [5.74, 6) is 0.119. The topological polar surface area (TPSA) is 49.4 Å². The fraction of sp³-hybridized carbons (Fsp3) is 0.500. The zero-order valence-corrected chi connectivity index (χ0v) is 13.4. The fourth-order valence-electron chi connectivity index (χ4n) is 1.99. The molecule has 0 atom stereocenters. The summed E-state index contributed by atoms with van der Waals surface area (Å²) in [6.45, 7) is 5.27. The molecule has 0 aromatic heterocycles. The van der Waals surface area contributed by atoms with E-state index in [1.54, 1.807) is 17.0 Å². The molecule has 0 saturated carbocycles. The van der Waals surface area contributed by atoms with Crippen molar-refractivity contribution >= 4 is 23.4 Å². The minimum absolute atomic E-state index is 0.0950. The summed E-state index contributed by atoms with van der Waals surface area (Å²) >= 11 is 5.80. The van der Waals surface area contributed by atoms with E-state index in [9.17, 15) is 9.59 Å². The third kappa shape index (κ3) is 5.76. The molecule has 0 fully saturated rings. The Morgan fingerprint density at radius 2 is 2.00 bits per heavy atom. The number of hydrogen-bond acceptors (Lipinski definition) is 2. The van der Waals surface area contributed by atoms with Gasteiger partial charge in [-0.1, -0.05) is 26.0 Å². The van der Waals surface area contributed by atoms with E-state index in [4.69, 9.17) is 11.6 Å². The summed E-state index contributed by atoms with van der Waals surface area (Å²) in [5, 5.41) is 2.80. The predicted molar refractivity (Wildman–Crippen MR) is 85.5 cm³/mol. The van der Waals surface area contributed by atoms with Crippen LogP contribution in [0.4, 0.5) is 0 Å². The van der Waals surface area contributed by atoms with Crippen molar-refractivity contribution in [1.29, 1.82) is 0 Å². The van der Waals surface area contributed by atoms with Crippen molar-refractivity contribution in [2.75, 3.05) is 19.6 Å². The number of alkyl halides is 1. The van der Waals surface area contributed by atoms with Crippen LogP contribution < -0.4 is 5.32 Å². The minimum Gasteiger partial charge on any atom is -0.355 e. The smallest absolute Gasteiger partial charge is 0.254 e. The number of hydrogen-bond donors (Lipinski definition) is 1. The van der Waals surface area contributed by atoms with Gasteiger partial charge in [0.25, 0.3) is 5.91 Å². The second-order valence-electron chi connectivity index (χ2n) is 4.91. The van der Waals surface area contributed by atoms with Gasteiger partial charge in [-0.2, -0.15) is 0 Å². The standard InChI is InChI=1S/C16H23ClN2O2/c1-3-8-18-15(20)12-19(9-4-2)16(21)14-7-5-6-13(10-14)11-17/h5-7,10H,3-4,8-9,11-12H2,1-2H3,(H,18,20). The summed E-state index contributed by atoms with van der Waals surface area (Å²) in [7, 11) is 0. The van der Waals surface area contributed by atoms with Crippen LogP contribution in [-0.2, 0) is 10.7 Å². The average Bonchev–Trinajstić information content (AvgIpc) is 2.51. The highest BCUT2D eigenvalue weighted by Crippen LogP contribution is 2.11. The van der Waals surface area contributed by atoms with Crippen molar-refractivity contribution in [2.24, 2.45) is 0 Å². The Hall–Kier alpha value is -1.55. The Kier molecular flexibility index (Phi) is 7.83. The largest absolute Gasteiger partial charge is 0.355 e. The molecule has 0 aliphatic heterocycles. The molecular weight excluding hydrogens is 288 g/mol. The maximum atomic E-state index is 12.5. The molecule has 4 nitrogen and oxygen atoms in total. The Bertz CT molecular complexity index is 477. The summed E-state index contributed by atoms with van der Waals surface area (Å²) in [6.07, 6.45) is 1.69. The van der Waals surface area contributed by atoms with E-state index in [1.165, 1.54) is 0 Å². The minimum atomic E-state index is -0.129. The van der Waals surface area contributed by atoms with Crippen molar-refractivity contribution in [3.63, 3.8) is 0 Å². The fourth-order valence-corrected chi connectivity index (χ4v) is 2.15. The summed E-state index contributed by atoms with van der Waals surface area (Å²) in [5.41, 5.74) is 1.47. The first-order valence-electron chi connectivity index (χ1n) is 7.33. The highest BCUT2D eigenvalue weighted by molar-refractivity contribution is 6.17. The molecule has 21 heavy (non-hydrogen) atoms. The van der Waals surface area contributed by atoms with Gasteiger partial charge in [-0.25, -0.2) is 0 Å². The molecule has 0 unspecified atom stereocenters. The third-order valence-electron chi connectivity index (χ3n) is 3.02. The number of carbonyl (C=O) groups excluding carboxylic acids is 2. The number of nitrogens with one attached hydrogen (secondary N) is 1. The molecule has 1 aromatic carbocycles.